The summed E-state index contributed by atoms with van der Waals surface area (Å²) in [5, 5.41) is 4.12. The van der Waals surface area contributed by atoms with E-state index >= 15 is 0 Å². The Balaban J connectivity index is 0.952. The molecule has 2 atom stereocenters. The van der Waals surface area contributed by atoms with Crippen LogP contribution in [0.2, 0.25) is 0 Å². The van der Waals surface area contributed by atoms with Crippen molar-refractivity contribution in [2.24, 2.45) is 0 Å². The SMILES string of the molecule is CCCn1c(=O)n(CC)c(=O)n(-c2ccc(N3CCN(c4ccc(OC[C@@H]5OC[C@@](Cn6cncn6)(c6ccc(F)cc6F)O5)cc4)CC3)cc2)c1=O. The minimum atomic E-state index is -1.26. The first-order valence-corrected chi connectivity index (χ1v) is 17.6. The number of piperazine rings is 1. The molecule has 5 aromatic rings. The van der Waals surface area contributed by atoms with Crippen LogP contribution >= 0.6 is 0 Å². The predicted octanol–water partition coefficient (Wildman–Crippen LogP) is 3.13. The van der Waals surface area contributed by atoms with Crippen LogP contribution in [0.3, 0.4) is 0 Å². The minimum absolute atomic E-state index is 0.00788. The summed E-state index contributed by atoms with van der Waals surface area (Å²) in [6, 6.07) is 18.3. The molecule has 0 bridgehead atoms. The summed E-state index contributed by atoms with van der Waals surface area (Å²) in [4.78, 5) is 47.4. The van der Waals surface area contributed by atoms with E-state index in [1.54, 1.807) is 19.1 Å². The van der Waals surface area contributed by atoms with Gasteiger partial charge in [-0.15, -0.1) is 0 Å². The van der Waals surface area contributed by atoms with E-state index in [2.05, 4.69) is 19.9 Å². The van der Waals surface area contributed by atoms with Gasteiger partial charge in [-0.05, 0) is 67.9 Å². The first-order chi connectivity index (χ1) is 25.7. The highest BCUT2D eigenvalue weighted by atomic mass is 19.1. The maximum atomic E-state index is 14.9. The number of rotatable bonds is 12. The van der Waals surface area contributed by atoms with E-state index in [1.807, 2.05) is 43.3 Å². The molecule has 16 heteroatoms. The Morgan fingerprint density at radius 2 is 1.47 bits per heavy atom. The average molecular weight is 731 g/mol. The monoisotopic (exact) mass is 730 g/mol. The maximum Gasteiger partial charge on any atom is 0.340 e. The third-order valence-electron chi connectivity index (χ3n) is 9.58. The Bertz CT molecular complexity index is 2210. The van der Waals surface area contributed by atoms with E-state index in [4.69, 9.17) is 14.2 Å². The molecule has 0 aliphatic carbocycles. The van der Waals surface area contributed by atoms with Crippen molar-refractivity contribution in [2.75, 3.05) is 49.2 Å². The van der Waals surface area contributed by atoms with Crippen molar-refractivity contribution in [3.05, 3.63) is 128 Å². The van der Waals surface area contributed by atoms with Gasteiger partial charge in [0.15, 0.2) is 6.29 Å². The fraction of sp³-hybridized carbons (Fsp3) is 0.378. The minimum Gasteiger partial charge on any atom is -0.488 e. The summed E-state index contributed by atoms with van der Waals surface area (Å²) < 4.78 is 51.5. The summed E-state index contributed by atoms with van der Waals surface area (Å²) in [5.74, 6) is -0.820. The number of hydrogen-bond donors (Lipinski definition) is 0. The van der Waals surface area contributed by atoms with E-state index in [0.717, 1.165) is 57.3 Å². The Morgan fingerprint density at radius 3 is 2.08 bits per heavy atom. The summed E-state index contributed by atoms with van der Waals surface area (Å²) >= 11 is 0. The van der Waals surface area contributed by atoms with Gasteiger partial charge in [-0.1, -0.05) is 13.0 Å². The second-order valence-corrected chi connectivity index (χ2v) is 12.9. The molecule has 278 valence electrons. The Labute approximate surface area is 303 Å². The zero-order valence-corrected chi connectivity index (χ0v) is 29.4. The van der Waals surface area contributed by atoms with Gasteiger partial charge in [0.1, 0.15) is 42.2 Å². The van der Waals surface area contributed by atoms with Gasteiger partial charge in [-0.3, -0.25) is 0 Å². The summed E-state index contributed by atoms with van der Waals surface area (Å²) in [7, 11) is 0. The lowest BCUT2D eigenvalue weighted by molar-refractivity contribution is -0.117. The molecule has 4 heterocycles. The van der Waals surface area contributed by atoms with Crippen LogP contribution in [0.5, 0.6) is 5.75 Å². The zero-order valence-electron chi connectivity index (χ0n) is 29.4. The van der Waals surface area contributed by atoms with Crippen LogP contribution in [0.15, 0.2) is 93.8 Å². The van der Waals surface area contributed by atoms with Crippen molar-refractivity contribution in [3.8, 4) is 11.4 Å². The highest BCUT2D eigenvalue weighted by Gasteiger charge is 2.45. The molecule has 0 radical (unpaired) electrons. The molecule has 2 saturated heterocycles. The van der Waals surface area contributed by atoms with Gasteiger partial charge in [0.05, 0.1) is 18.8 Å². The van der Waals surface area contributed by atoms with Crippen LogP contribution in [0.4, 0.5) is 20.2 Å². The van der Waals surface area contributed by atoms with Crippen LogP contribution in [0.25, 0.3) is 5.69 Å². The molecule has 2 aromatic heterocycles. The standard InChI is InChI=1S/C37H40F2N8O6/c1-3-15-46-34(48)45(4-2)35(49)47(36(46)50)29-8-6-27(7-9-29)42-16-18-43(19-17-42)28-10-12-30(13-11-28)51-21-33-52-23-37(53-33,22-44-25-40-24-41-44)31-14-5-26(38)20-32(31)39/h5-14,20,24-25,33H,3-4,15-19,21-23H2,1-2H3/t33-,37+/m1/s1. The van der Waals surface area contributed by atoms with Gasteiger partial charge >= 0.3 is 17.1 Å². The number of aromatic nitrogens is 6. The van der Waals surface area contributed by atoms with Crippen molar-refractivity contribution < 1.29 is 23.0 Å². The van der Waals surface area contributed by atoms with E-state index in [9.17, 15) is 23.2 Å². The molecule has 7 rings (SSSR count). The summed E-state index contributed by atoms with van der Waals surface area (Å²) in [6.07, 6.45) is 2.64. The molecule has 0 unspecified atom stereocenters. The highest BCUT2D eigenvalue weighted by molar-refractivity contribution is 5.54. The maximum absolute atomic E-state index is 14.9. The molecule has 0 spiro atoms. The molecule has 2 aliphatic rings. The van der Waals surface area contributed by atoms with Gasteiger partial charge in [0.25, 0.3) is 0 Å². The van der Waals surface area contributed by atoms with Gasteiger partial charge in [-0.2, -0.15) is 5.10 Å². The second kappa shape index (κ2) is 15.2. The lowest BCUT2D eigenvalue weighted by Gasteiger charge is -2.37. The molecule has 2 fully saturated rings. The smallest absolute Gasteiger partial charge is 0.340 e. The highest BCUT2D eigenvalue weighted by Crippen LogP contribution is 2.37. The summed E-state index contributed by atoms with van der Waals surface area (Å²) in [5.41, 5.74) is -0.554. The first kappa shape index (κ1) is 35.8. The lowest BCUT2D eigenvalue weighted by atomic mass is 9.94. The molecule has 2 aliphatic heterocycles. The fourth-order valence-electron chi connectivity index (χ4n) is 6.87. The molecular formula is C37H40F2N8O6. The van der Waals surface area contributed by atoms with Crippen molar-refractivity contribution in [3.63, 3.8) is 0 Å². The van der Waals surface area contributed by atoms with Gasteiger partial charge in [-0.25, -0.2) is 46.5 Å². The molecule has 53 heavy (non-hydrogen) atoms. The van der Waals surface area contributed by atoms with Gasteiger partial charge in [0.2, 0.25) is 0 Å². The van der Waals surface area contributed by atoms with Crippen molar-refractivity contribution in [1.82, 2.24) is 28.5 Å². The van der Waals surface area contributed by atoms with Crippen LogP contribution in [0.1, 0.15) is 25.8 Å². The molecule has 0 amide bonds. The van der Waals surface area contributed by atoms with Crippen molar-refractivity contribution in [1.29, 1.82) is 0 Å². The molecule has 0 saturated carbocycles. The number of ether oxygens (including phenoxy) is 3. The van der Waals surface area contributed by atoms with Gasteiger partial charge in [0, 0.05) is 62.3 Å². The number of hydrogen-bond acceptors (Lipinski definition) is 10. The Hall–Kier alpha value is -5.61. The normalized spacial score (nSPS) is 18.8. The van der Waals surface area contributed by atoms with Crippen LogP contribution in [-0.2, 0) is 34.7 Å². The van der Waals surface area contributed by atoms with Crippen LogP contribution in [0, 0.1) is 11.6 Å². The average Bonchev–Trinajstić information content (AvgIpc) is 3.84. The third-order valence-corrected chi connectivity index (χ3v) is 9.58. The van der Waals surface area contributed by atoms with E-state index in [0.29, 0.717) is 17.9 Å². The van der Waals surface area contributed by atoms with Crippen molar-refractivity contribution in [2.45, 2.75) is 51.8 Å². The lowest BCUT2D eigenvalue weighted by Crippen LogP contribution is -2.53. The molecule has 0 N–H and O–H groups in total. The molecular weight excluding hydrogens is 690 g/mol. The number of halogens is 2. The van der Waals surface area contributed by atoms with Crippen LogP contribution in [-0.4, -0.2) is 74.1 Å². The van der Waals surface area contributed by atoms with E-state index in [-0.39, 0.29) is 38.4 Å². The predicted molar refractivity (Wildman–Crippen MR) is 192 cm³/mol. The van der Waals surface area contributed by atoms with Crippen molar-refractivity contribution >= 4 is 11.4 Å². The second-order valence-electron chi connectivity index (χ2n) is 12.9. The topological polar surface area (TPSA) is 131 Å². The fourth-order valence-corrected chi connectivity index (χ4v) is 6.87. The molecule has 3 aromatic carbocycles. The zero-order chi connectivity index (χ0) is 37.1. The number of nitrogens with zero attached hydrogens (tertiary/aromatic N) is 8. The van der Waals surface area contributed by atoms with E-state index in [1.165, 1.54) is 29.5 Å². The van der Waals surface area contributed by atoms with E-state index < -0.39 is 40.6 Å². The Kier molecular flexibility index (Phi) is 10.2. The van der Waals surface area contributed by atoms with Crippen LogP contribution < -0.4 is 31.6 Å². The largest absolute Gasteiger partial charge is 0.488 e. The first-order valence-electron chi connectivity index (χ1n) is 17.6. The Morgan fingerprint density at radius 1 is 0.830 bits per heavy atom. The summed E-state index contributed by atoms with van der Waals surface area (Å²) in [6.45, 7) is 7.18. The number of anilines is 2. The molecule has 14 nitrogen and oxygen atoms in total. The van der Waals surface area contributed by atoms with Gasteiger partial charge < -0.3 is 24.0 Å². The quantitative estimate of drug-likeness (QED) is 0.189. The number of benzene rings is 3. The third kappa shape index (κ3) is 7.24.